The molecule has 0 fully saturated rings. The van der Waals surface area contributed by atoms with Crippen molar-refractivity contribution in [2.24, 2.45) is 0 Å². The number of alkyl halides is 3. The summed E-state index contributed by atoms with van der Waals surface area (Å²) in [6, 6.07) is 7.43. The van der Waals surface area contributed by atoms with Crippen molar-refractivity contribution in [3.8, 4) is 6.07 Å². The lowest BCUT2D eigenvalue weighted by Gasteiger charge is -2.12. The van der Waals surface area contributed by atoms with Crippen molar-refractivity contribution in [3.05, 3.63) is 46.8 Å². The topological polar surface area (TPSA) is 78.7 Å². The molecule has 0 aliphatic carbocycles. The predicted molar refractivity (Wildman–Crippen MR) is 87.0 cm³/mol. The molecule has 0 unspecified atom stereocenters. The minimum atomic E-state index is -4.66. The highest BCUT2D eigenvalue weighted by Gasteiger charge is 2.35. The van der Waals surface area contributed by atoms with Gasteiger partial charge in [0.15, 0.2) is 0 Å². The van der Waals surface area contributed by atoms with Crippen LogP contribution < -0.4 is 5.32 Å². The van der Waals surface area contributed by atoms with Crippen LogP contribution in [0.1, 0.15) is 22.5 Å². The summed E-state index contributed by atoms with van der Waals surface area (Å²) in [7, 11) is 0. The highest BCUT2D eigenvalue weighted by Crippen LogP contribution is 2.35. The van der Waals surface area contributed by atoms with Gasteiger partial charge in [0, 0.05) is 11.4 Å². The number of aryl methyl sites for hydroxylation is 2. The highest BCUT2D eigenvalue weighted by atomic mass is 32.2. The van der Waals surface area contributed by atoms with E-state index in [1.165, 1.54) is 13.0 Å². The number of amides is 1. The summed E-state index contributed by atoms with van der Waals surface area (Å²) in [5.41, 5.74) is -0.794. The molecule has 0 aromatic carbocycles. The Hall–Kier alpha value is -2.60. The lowest BCUT2D eigenvalue weighted by atomic mass is 10.1. The van der Waals surface area contributed by atoms with E-state index in [4.69, 9.17) is 5.26 Å². The van der Waals surface area contributed by atoms with Crippen molar-refractivity contribution in [2.45, 2.75) is 25.0 Å². The second-order valence-corrected chi connectivity index (χ2v) is 6.07. The van der Waals surface area contributed by atoms with Crippen LogP contribution in [-0.2, 0) is 11.0 Å². The van der Waals surface area contributed by atoms with Gasteiger partial charge in [-0.2, -0.15) is 18.4 Å². The molecule has 1 N–H and O–H groups in total. The molecule has 0 radical (unpaired) electrons. The molecule has 0 aliphatic heterocycles. The van der Waals surface area contributed by atoms with Crippen molar-refractivity contribution in [1.29, 1.82) is 5.26 Å². The first kappa shape index (κ1) is 18.7. The first-order valence-electron chi connectivity index (χ1n) is 7.06. The number of carbonyl (C=O) groups excluding carboxylic acids is 1. The number of nitrogens with zero attached hydrogens (tertiary/aromatic N) is 3. The Kier molecular flexibility index (Phi) is 5.64. The van der Waals surface area contributed by atoms with Gasteiger partial charge in [-0.1, -0.05) is 17.8 Å². The van der Waals surface area contributed by atoms with Crippen LogP contribution in [0.2, 0.25) is 0 Å². The fraction of sp³-hybridized carbons (Fsp3) is 0.250. The van der Waals surface area contributed by atoms with Gasteiger partial charge in [0.25, 0.3) is 0 Å². The molecule has 0 atom stereocenters. The van der Waals surface area contributed by atoms with Crippen molar-refractivity contribution in [3.63, 3.8) is 0 Å². The van der Waals surface area contributed by atoms with E-state index in [1.54, 1.807) is 25.1 Å². The molecule has 2 rings (SSSR count). The highest BCUT2D eigenvalue weighted by molar-refractivity contribution is 8.00. The number of nitriles is 1. The van der Waals surface area contributed by atoms with Gasteiger partial charge < -0.3 is 5.32 Å². The molecule has 1 amide bonds. The van der Waals surface area contributed by atoms with E-state index in [9.17, 15) is 18.0 Å². The summed E-state index contributed by atoms with van der Waals surface area (Å²) < 4.78 is 39.1. The van der Waals surface area contributed by atoms with E-state index < -0.39 is 23.2 Å². The predicted octanol–water partition coefficient (Wildman–Crippen LogP) is 3.71. The van der Waals surface area contributed by atoms with Gasteiger partial charge in [0.1, 0.15) is 16.9 Å². The third-order valence-corrected chi connectivity index (χ3v) is 4.00. The van der Waals surface area contributed by atoms with E-state index in [0.717, 1.165) is 17.8 Å². The van der Waals surface area contributed by atoms with Gasteiger partial charge in [0.2, 0.25) is 5.91 Å². The molecular formula is C16H13F3N4OS. The number of hydrogen-bond donors (Lipinski definition) is 1. The van der Waals surface area contributed by atoms with Gasteiger partial charge in [-0.05, 0) is 32.0 Å². The zero-order chi connectivity index (χ0) is 18.6. The largest absolute Gasteiger partial charge is 0.417 e. The number of hydrogen-bond acceptors (Lipinski definition) is 5. The van der Waals surface area contributed by atoms with Gasteiger partial charge in [0.05, 0.1) is 16.9 Å². The summed E-state index contributed by atoms with van der Waals surface area (Å²) >= 11 is 0.774. The van der Waals surface area contributed by atoms with E-state index >= 15 is 0 Å². The van der Waals surface area contributed by atoms with Crippen molar-refractivity contribution < 1.29 is 18.0 Å². The fourth-order valence-electron chi connectivity index (χ4n) is 2.01. The van der Waals surface area contributed by atoms with Crippen LogP contribution in [-0.4, -0.2) is 21.6 Å². The number of anilines is 1. The summed E-state index contributed by atoms with van der Waals surface area (Å²) in [6.07, 6.45) is -4.66. The number of nitrogens with one attached hydrogen (secondary N) is 1. The SMILES string of the molecule is Cc1cccc(NC(=O)CSc2nc(C)cc(C(F)(F)F)c2C#N)n1. The number of thioether (sulfide) groups is 1. The molecule has 5 nitrogen and oxygen atoms in total. The molecule has 0 saturated heterocycles. The average molecular weight is 366 g/mol. The lowest BCUT2D eigenvalue weighted by Crippen LogP contribution is -2.16. The molecule has 2 heterocycles. The Morgan fingerprint density at radius 1 is 1.28 bits per heavy atom. The first-order chi connectivity index (χ1) is 11.7. The second kappa shape index (κ2) is 7.53. The van der Waals surface area contributed by atoms with Crippen molar-refractivity contribution in [1.82, 2.24) is 9.97 Å². The van der Waals surface area contributed by atoms with Crippen molar-refractivity contribution >= 4 is 23.5 Å². The minimum Gasteiger partial charge on any atom is -0.310 e. The van der Waals surface area contributed by atoms with Crippen LogP contribution in [0.5, 0.6) is 0 Å². The fourth-order valence-corrected chi connectivity index (χ4v) is 2.85. The molecule has 25 heavy (non-hydrogen) atoms. The lowest BCUT2D eigenvalue weighted by molar-refractivity contribution is -0.138. The first-order valence-corrected chi connectivity index (χ1v) is 8.04. The maximum Gasteiger partial charge on any atom is 0.417 e. The Balaban J connectivity index is 2.16. The number of carbonyl (C=O) groups is 1. The van der Waals surface area contributed by atoms with E-state index in [0.29, 0.717) is 11.5 Å². The van der Waals surface area contributed by atoms with Gasteiger partial charge in [-0.25, -0.2) is 9.97 Å². The molecule has 2 aromatic heterocycles. The summed E-state index contributed by atoms with van der Waals surface area (Å²) in [5, 5.41) is 11.5. The quantitative estimate of drug-likeness (QED) is 0.835. The number of aromatic nitrogens is 2. The van der Waals surface area contributed by atoms with Crippen LogP contribution in [0.15, 0.2) is 29.3 Å². The molecule has 0 aliphatic rings. The third-order valence-electron chi connectivity index (χ3n) is 3.03. The number of pyridine rings is 2. The van der Waals surface area contributed by atoms with E-state index in [-0.39, 0.29) is 16.5 Å². The standard InChI is InChI=1S/C16H13F3N4OS/c1-9-4-3-5-13(21-9)23-14(24)8-25-15-11(7-20)12(16(17,18)19)6-10(2)22-15/h3-6H,8H2,1-2H3,(H,21,23,24). The number of rotatable bonds is 4. The minimum absolute atomic E-state index is 0.120. The Morgan fingerprint density at radius 3 is 2.60 bits per heavy atom. The maximum absolute atomic E-state index is 13.0. The smallest absolute Gasteiger partial charge is 0.310 e. The summed E-state index contributed by atoms with van der Waals surface area (Å²) in [4.78, 5) is 20.0. The van der Waals surface area contributed by atoms with Crippen LogP contribution in [0.25, 0.3) is 0 Å². The summed E-state index contributed by atoms with van der Waals surface area (Å²) in [5.74, 6) is -0.305. The van der Waals surface area contributed by atoms with Gasteiger partial charge >= 0.3 is 6.18 Å². The summed E-state index contributed by atoms with van der Waals surface area (Å²) in [6.45, 7) is 3.16. The maximum atomic E-state index is 13.0. The second-order valence-electron chi connectivity index (χ2n) is 5.10. The third kappa shape index (κ3) is 4.93. The molecule has 0 spiro atoms. The molecule has 0 bridgehead atoms. The van der Waals surface area contributed by atoms with Crippen LogP contribution >= 0.6 is 11.8 Å². The Bertz CT molecular complexity index is 846. The average Bonchev–Trinajstić information content (AvgIpc) is 2.51. The normalized spacial score (nSPS) is 11.0. The van der Waals surface area contributed by atoms with E-state index in [1.807, 2.05) is 0 Å². The molecular weight excluding hydrogens is 353 g/mol. The zero-order valence-corrected chi connectivity index (χ0v) is 14.1. The molecule has 130 valence electrons. The number of halogens is 3. The Morgan fingerprint density at radius 2 is 2.00 bits per heavy atom. The monoisotopic (exact) mass is 366 g/mol. The molecule has 2 aromatic rings. The zero-order valence-electron chi connectivity index (χ0n) is 13.3. The van der Waals surface area contributed by atoms with Crippen LogP contribution in [0.3, 0.4) is 0 Å². The Labute approximate surface area is 146 Å². The van der Waals surface area contributed by atoms with Crippen LogP contribution in [0, 0.1) is 25.2 Å². The van der Waals surface area contributed by atoms with Gasteiger partial charge in [-0.3, -0.25) is 4.79 Å². The molecule has 9 heteroatoms. The van der Waals surface area contributed by atoms with Crippen molar-refractivity contribution in [2.75, 3.05) is 11.1 Å². The van der Waals surface area contributed by atoms with E-state index in [2.05, 4.69) is 15.3 Å². The van der Waals surface area contributed by atoms with Crippen LogP contribution in [0.4, 0.5) is 19.0 Å². The molecule has 0 saturated carbocycles. The van der Waals surface area contributed by atoms with Gasteiger partial charge in [-0.15, -0.1) is 0 Å².